The van der Waals surface area contributed by atoms with Crippen molar-refractivity contribution in [2.24, 2.45) is 11.8 Å². The molecule has 2 fully saturated rings. The maximum absolute atomic E-state index is 15.7. The van der Waals surface area contributed by atoms with E-state index in [2.05, 4.69) is 39.8 Å². The lowest BCUT2D eigenvalue weighted by Crippen LogP contribution is -2.58. The lowest BCUT2D eigenvalue weighted by atomic mass is 9.79. The molecule has 1 aromatic carbocycles. The Bertz CT molecular complexity index is 1390. The first-order chi connectivity index (χ1) is 21.9. The van der Waals surface area contributed by atoms with Gasteiger partial charge < -0.3 is 25.8 Å². The number of hydrogen-bond donors (Lipinski definition) is 3. The number of nitrogens with one attached hydrogen (secondary N) is 3. The van der Waals surface area contributed by atoms with Crippen LogP contribution in [-0.4, -0.2) is 88.0 Å². The van der Waals surface area contributed by atoms with Crippen molar-refractivity contribution in [1.29, 1.82) is 0 Å². The molecule has 46 heavy (non-hydrogen) atoms. The molecule has 4 rings (SSSR count). The summed E-state index contributed by atoms with van der Waals surface area (Å²) in [6.07, 6.45) is 5.20. The van der Waals surface area contributed by atoms with Gasteiger partial charge in [0, 0.05) is 50.8 Å². The van der Waals surface area contributed by atoms with Crippen molar-refractivity contribution in [3.8, 4) is 0 Å². The molecule has 1 saturated heterocycles. The van der Waals surface area contributed by atoms with Crippen molar-refractivity contribution >= 4 is 29.3 Å². The third kappa shape index (κ3) is 8.31. The standard InChI is InChI=1S/C34H50FN7O4/c1-7-29(43)38-30(34(46)41-18-17-40(6)22(4)20-41)23(5)25-13-14-27(26(35)19-25)37-33(45)31(24-11-9-21(3)10-12-24)39-32(44)28-15-16-36-42(28)8-2/h13-16,19,21-24,30-31H,7-12,17-18,20H2,1-6H3,(H,37,45)(H,38,43)(H,39,44)/t21-,22-,23-,24-,30+,31-/m0/s1. The van der Waals surface area contributed by atoms with Crippen LogP contribution in [0.25, 0.3) is 0 Å². The summed E-state index contributed by atoms with van der Waals surface area (Å²) in [7, 11) is 2.02. The molecule has 2 aliphatic rings. The summed E-state index contributed by atoms with van der Waals surface area (Å²) in [5.41, 5.74) is 0.863. The summed E-state index contributed by atoms with van der Waals surface area (Å²) in [5, 5.41) is 12.7. The average Bonchev–Trinajstić information content (AvgIpc) is 3.53. The first-order valence-electron chi connectivity index (χ1n) is 16.6. The molecule has 252 valence electrons. The van der Waals surface area contributed by atoms with Gasteiger partial charge in [0.1, 0.15) is 23.6 Å². The highest BCUT2D eigenvalue weighted by atomic mass is 19.1. The minimum Gasteiger partial charge on any atom is -0.344 e. The largest absolute Gasteiger partial charge is 0.344 e. The van der Waals surface area contributed by atoms with Gasteiger partial charge in [0.05, 0.1) is 5.69 Å². The molecule has 1 aliphatic heterocycles. The summed E-state index contributed by atoms with van der Waals surface area (Å²) >= 11 is 0. The fourth-order valence-corrected chi connectivity index (χ4v) is 6.45. The average molecular weight is 640 g/mol. The zero-order valence-electron chi connectivity index (χ0n) is 28.0. The topological polar surface area (TPSA) is 129 Å². The minimum absolute atomic E-state index is 0.0173. The van der Waals surface area contributed by atoms with Crippen LogP contribution in [0.2, 0.25) is 0 Å². The molecule has 2 heterocycles. The fourth-order valence-electron chi connectivity index (χ4n) is 6.45. The molecule has 0 unspecified atom stereocenters. The lowest BCUT2D eigenvalue weighted by molar-refractivity contribution is -0.139. The number of rotatable bonds is 11. The van der Waals surface area contributed by atoms with E-state index in [-0.39, 0.29) is 35.9 Å². The predicted molar refractivity (Wildman–Crippen MR) is 175 cm³/mol. The van der Waals surface area contributed by atoms with Crippen molar-refractivity contribution in [3.05, 3.63) is 47.5 Å². The van der Waals surface area contributed by atoms with E-state index in [1.807, 2.05) is 14.0 Å². The van der Waals surface area contributed by atoms with Gasteiger partial charge in [-0.05, 0) is 69.3 Å². The van der Waals surface area contributed by atoms with Crippen molar-refractivity contribution in [2.45, 2.75) is 97.3 Å². The van der Waals surface area contributed by atoms with Crippen LogP contribution in [0.3, 0.4) is 0 Å². The second-order valence-electron chi connectivity index (χ2n) is 13.0. The number of piperazine rings is 1. The monoisotopic (exact) mass is 639 g/mol. The third-order valence-corrected chi connectivity index (χ3v) is 9.80. The van der Waals surface area contributed by atoms with E-state index in [1.54, 1.807) is 41.8 Å². The fraction of sp³-hybridized carbons (Fsp3) is 0.618. The van der Waals surface area contributed by atoms with Crippen LogP contribution in [0.1, 0.15) is 88.7 Å². The number of aromatic nitrogens is 2. The molecule has 0 spiro atoms. The van der Waals surface area contributed by atoms with Crippen LogP contribution in [0.4, 0.5) is 10.1 Å². The van der Waals surface area contributed by atoms with E-state index in [0.29, 0.717) is 36.8 Å². The molecular weight excluding hydrogens is 589 g/mol. The van der Waals surface area contributed by atoms with E-state index in [1.165, 1.54) is 12.1 Å². The van der Waals surface area contributed by atoms with E-state index < -0.39 is 35.6 Å². The molecule has 12 heteroatoms. The molecule has 1 saturated carbocycles. The highest BCUT2D eigenvalue weighted by molar-refractivity contribution is 6.00. The highest BCUT2D eigenvalue weighted by Gasteiger charge is 2.36. The van der Waals surface area contributed by atoms with Gasteiger partial charge in [-0.2, -0.15) is 5.10 Å². The number of anilines is 1. The number of aryl methyl sites for hydroxylation is 1. The number of carbonyl (C=O) groups is 4. The predicted octanol–water partition coefficient (Wildman–Crippen LogP) is 3.77. The van der Waals surface area contributed by atoms with Crippen LogP contribution in [-0.2, 0) is 20.9 Å². The molecular formula is C34H50FN7O4. The summed E-state index contributed by atoms with van der Waals surface area (Å²) in [6.45, 7) is 11.9. The van der Waals surface area contributed by atoms with Gasteiger partial charge in [0.2, 0.25) is 17.7 Å². The normalized spacial score (nSPS) is 22.4. The molecule has 4 amide bonds. The highest BCUT2D eigenvalue weighted by Crippen LogP contribution is 2.32. The Kier molecular flexibility index (Phi) is 11.9. The summed E-state index contributed by atoms with van der Waals surface area (Å²) in [5.74, 6) is -2.08. The Hall–Kier alpha value is -3.80. The van der Waals surface area contributed by atoms with Crippen LogP contribution in [0.15, 0.2) is 30.5 Å². The number of nitrogens with zero attached hydrogens (tertiary/aromatic N) is 4. The van der Waals surface area contributed by atoms with Crippen molar-refractivity contribution in [2.75, 3.05) is 32.0 Å². The molecule has 0 radical (unpaired) electrons. The molecule has 0 bridgehead atoms. The van der Waals surface area contributed by atoms with Gasteiger partial charge in [-0.25, -0.2) is 4.39 Å². The van der Waals surface area contributed by atoms with E-state index in [4.69, 9.17) is 0 Å². The van der Waals surface area contributed by atoms with Crippen molar-refractivity contribution in [1.82, 2.24) is 30.2 Å². The van der Waals surface area contributed by atoms with E-state index in [9.17, 15) is 19.2 Å². The maximum Gasteiger partial charge on any atom is 0.270 e. The zero-order valence-corrected chi connectivity index (χ0v) is 28.0. The van der Waals surface area contributed by atoms with Gasteiger partial charge in [-0.1, -0.05) is 39.7 Å². The van der Waals surface area contributed by atoms with Crippen LogP contribution in [0.5, 0.6) is 0 Å². The first kappa shape index (κ1) is 35.1. The van der Waals surface area contributed by atoms with E-state index in [0.717, 1.165) is 32.2 Å². The Morgan fingerprint density at radius 2 is 1.74 bits per heavy atom. The smallest absolute Gasteiger partial charge is 0.270 e. The molecule has 2 aromatic rings. The van der Waals surface area contributed by atoms with Crippen LogP contribution >= 0.6 is 0 Å². The number of hydrogen-bond acceptors (Lipinski definition) is 6. The van der Waals surface area contributed by atoms with Crippen molar-refractivity contribution < 1.29 is 23.6 Å². The minimum atomic E-state index is -0.868. The molecule has 1 aromatic heterocycles. The van der Waals surface area contributed by atoms with E-state index >= 15 is 4.39 Å². The number of carbonyl (C=O) groups excluding carboxylic acids is 4. The molecule has 11 nitrogen and oxygen atoms in total. The Labute approximate surface area is 271 Å². The third-order valence-electron chi connectivity index (χ3n) is 9.80. The first-order valence-corrected chi connectivity index (χ1v) is 16.6. The number of likely N-dealkylation sites (N-methyl/N-ethyl adjacent to an activating group) is 1. The zero-order chi connectivity index (χ0) is 33.5. The summed E-state index contributed by atoms with van der Waals surface area (Å²) in [6, 6.07) is 4.53. The molecule has 4 atom stereocenters. The number of halogens is 1. The summed E-state index contributed by atoms with van der Waals surface area (Å²) in [4.78, 5) is 57.0. The van der Waals surface area contributed by atoms with Gasteiger partial charge in [-0.15, -0.1) is 0 Å². The Morgan fingerprint density at radius 3 is 2.37 bits per heavy atom. The molecule has 1 aliphatic carbocycles. The molecule has 3 N–H and O–H groups in total. The van der Waals surface area contributed by atoms with Gasteiger partial charge >= 0.3 is 0 Å². The van der Waals surface area contributed by atoms with Crippen molar-refractivity contribution in [3.63, 3.8) is 0 Å². The van der Waals surface area contributed by atoms with Crippen LogP contribution in [0, 0.1) is 17.7 Å². The van der Waals surface area contributed by atoms with Gasteiger partial charge in [-0.3, -0.25) is 23.9 Å². The quantitative estimate of drug-likeness (QED) is 0.344. The number of benzene rings is 1. The second-order valence-corrected chi connectivity index (χ2v) is 13.0. The Morgan fingerprint density at radius 1 is 1.02 bits per heavy atom. The van der Waals surface area contributed by atoms with Gasteiger partial charge in [0.15, 0.2) is 0 Å². The Balaban J connectivity index is 1.52. The maximum atomic E-state index is 15.7. The SMILES string of the molecule is CCC(=O)N[C@@H](C(=O)N1CCN(C)[C@@H](C)C1)[C@@H](C)c1ccc(NC(=O)[C@@H](NC(=O)c2ccnn2CC)[C@H]2CC[C@H](C)CC2)c(F)c1. The second kappa shape index (κ2) is 15.7. The van der Waals surface area contributed by atoms with Crippen LogP contribution < -0.4 is 16.0 Å². The number of amides is 4. The van der Waals surface area contributed by atoms with Gasteiger partial charge in [0.25, 0.3) is 5.91 Å². The lowest BCUT2D eigenvalue weighted by Gasteiger charge is -2.40. The summed E-state index contributed by atoms with van der Waals surface area (Å²) < 4.78 is 17.2.